The Kier molecular flexibility index (Phi) is 8.48. The molecular formula is C28H33F3N4O4. The number of halogens is 3. The van der Waals surface area contributed by atoms with Gasteiger partial charge in [0.1, 0.15) is 11.7 Å². The summed E-state index contributed by atoms with van der Waals surface area (Å²) in [5, 5.41) is 12.4. The fourth-order valence-electron chi connectivity index (χ4n) is 4.74. The number of aliphatic hydroxyl groups is 1. The number of ether oxygens (including phenoxy) is 1. The highest BCUT2D eigenvalue weighted by atomic mass is 19.4. The molecule has 210 valence electrons. The Morgan fingerprint density at radius 3 is 2.64 bits per heavy atom. The molecule has 3 amide bonds. The van der Waals surface area contributed by atoms with Crippen molar-refractivity contribution in [3.05, 3.63) is 59.3 Å². The van der Waals surface area contributed by atoms with Crippen LogP contribution in [0.25, 0.3) is 5.57 Å². The predicted molar refractivity (Wildman–Crippen MR) is 140 cm³/mol. The fourth-order valence-corrected chi connectivity index (χ4v) is 4.74. The number of aromatic nitrogens is 1. The summed E-state index contributed by atoms with van der Waals surface area (Å²) < 4.78 is 44.8. The Labute approximate surface area is 225 Å². The smallest absolute Gasteiger partial charge is 0.416 e. The minimum absolute atomic E-state index is 0.122. The quantitative estimate of drug-likeness (QED) is 0.529. The molecule has 39 heavy (non-hydrogen) atoms. The number of carbonyl (C=O) groups excluding carboxylic acids is 2. The van der Waals surface area contributed by atoms with Crippen molar-refractivity contribution in [3.63, 3.8) is 0 Å². The van der Waals surface area contributed by atoms with E-state index in [-0.39, 0.29) is 43.1 Å². The number of likely N-dealkylation sites (N-methyl/N-ethyl adjacent to an activating group) is 1. The monoisotopic (exact) mass is 546 g/mol. The lowest BCUT2D eigenvalue weighted by Crippen LogP contribution is -2.50. The number of carbonyl (C=O) groups is 2. The number of nitrogens with one attached hydrogen (secondary N) is 1. The van der Waals surface area contributed by atoms with Gasteiger partial charge in [0.15, 0.2) is 0 Å². The molecule has 2 heterocycles. The van der Waals surface area contributed by atoms with E-state index in [0.29, 0.717) is 5.56 Å². The van der Waals surface area contributed by atoms with Gasteiger partial charge in [0.2, 0.25) is 5.88 Å². The maximum Gasteiger partial charge on any atom is 0.416 e. The summed E-state index contributed by atoms with van der Waals surface area (Å²) in [5.41, 5.74) is 1.71. The number of hydrogen-bond donors (Lipinski definition) is 2. The molecule has 0 spiro atoms. The summed E-state index contributed by atoms with van der Waals surface area (Å²) >= 11 is 0. The van der Waals surface area contributed by atoms with Crippen molar-refractivity contribution in [2.45, 2.75) is 51.4 Å². The molecule has 2 N–H and O–H groups in total. The van der Waals surface area contributed by atoms with Crippen LogP contribution >= 0.6 is 0 Å². The molecule has 0 bridgehead atoms. The van der Waals surface area contributed by atoms with Crippen LogP contribution in [0, 0.1) is 5.92 Å². The van der Waals surface area contributed by atoms with Crippen molar-refractivity contribution in [2.75, 3.05) is 32.1 Å². The first-order chi connectivity index (χ1) is 18.5. The summed E-state index contributed by atoms with van der Waals surface area (Å²) in [6.45, 7) is 3.84. The largest absolute Gasteiger partial charge is 0.472 e. The second-order valence-electron chi connectivity index (χ2n) is 10.2. The maximum absolute atomic E-state index is 13.6. The third-order valence-electron chi connectivity index (χ3n) is 7.20. The molecule has 0 radical (unpaired) electrons. The summed E-state index contributed by atoms with van der Waals surface area (Å²) in [6.07, 6.45) is 1.74. The SMILES string of the molecule is C[C@@H]1CN([C@@H](C)CO)C(=O)c2cc(C3=CCCC3)cnc2O[C@@H]1CN(C)C(=O)Nc1ccc(C(F)(F)F)cc1. The number of urea groups is 1. The summed E-state index contributed by atoms with van der Waals surface area (Å²) in [7, 11) is 1.55. The number of aliphatic hydroxyl groups excluding tert-OH is 1. The summed E-state index contributed by atoms with van der Waals surface area (Å²) in [4.78, 5) is 33.9. The van der Waals surface area contributed by atoms with Gasteiger partial charge in [0.05, 0.1) is 24.8 Å². The molecule has 0 fully saturated rings. The van der Waals surface area contributed by atoms with E-state index in [0.717, 1.165) is 42.5 Å². The second-order valence-corrected chi connectivity index (χ2v) is 10.2. The van der Waals surface area contributed by atoms with Crippen molar-refractivity contribution >= 4 is 23.2 Å². The number of pyridine rings is 1. The molecular weight excluding hydrogens is 513 g/mol. The molecule has 2 aliphatic rings. The standard InChI is InChI=1S/C28H33F3N4O4/c1-17-14-35(18(2)16-36)26(37)23-12-20(19-6-4-5-7-19)13-32-25(23)39-24(17)15-34(3)27(38)33-22-10-8-21(9-11-22)28(29,30)31/h6,8-13,17-18,24,36H,4-5,7,14-16H2,1-3H3,(H,33,38)/t17-,18+,24-/m1/s1. The Bertz CT molecular complexity index is 1230. The van der Waals surface area contributed by atoms with Gasteiger partial charge < -0.3 is 25.0 Å². The van der Waals surface area contributed by atoms with Crippen LogP contribution in [0.1, 0.15) is 54.6 Å². The molecule has 2 aromatic rings. The van der Waals surface area contributed by atoms with Crippen molar-refractivity contribution in [3.8, 4) is 5.88 Å². The number of allylic oxidation sites excluding steroid dienone is 2. The van der Waals surface area contributed by atoms with E-state index >= 15 is 0 Å². The molecule has 11 heteroatoms. The van der Waals surface area contributed by atoms with Gasteiger partial charge >= 0.3 is 12.2 Å². The highest BCUT2D eigenvalue weighted by Crippen LogP contribution is 2.33. The van der Waals surface area contributed by atoms with Gasteiger partial charge in [-0.2, -0.15) is 13.2 Å². The van der Waals surface area contributed by atoms with Crippen LogP contribution in [0.3, 0.4) is 0 Å². The van der Waals surface area contributed by atoms with Crippen LogP contribution in [0.2, 0.25) is 0 Å². The van der Waals surface area contributed by atoms with E-state index in [9.17, 15) is 27.9 Å². The number of rotatable bonds is 6. The molecule has 0 saturated heterocycles. The molecule has 0 unspecified atom stereocenters. The molecule has 1 aliphatic heterocycles. The minimum atomic E-state index is -4.47. The molecule has 1 aromatic carbocycles. The van der Waals surface area contributed by atoms with Gasteiger partial charge in [-0.3, -0.25) is 4.79 Å². The fraction of sp³-hybridized carbons (Fsp3) is 0.464. The number of anilines is 1. The average molecular weight is 547 g/mol. The van der Waals surface area contributed by atoms with Gasteiger partial charge in [-0.05, 0) is 67.7 Å². The van der Waals surface area contributed by atoms with E-state index in [4.69, 9.17) is 4.74 Å². The Hall–Kier alpha value is -3.60. The number of amides is 3. The number of benzene rings is 1. The highest BCUT2D eigenvalue weighted by Gasteiger charge is 2.35. The van der Waals surface area contributed by atoms with Crippen LogP contribution in [0.5, 0.6) is 5.88 Å². The first kappa shape index (κ1) is 28.4. The Morgan fingerprint density at radius 1 is 1.31 bits per heavy atom. The van der Waals surface area contributed by atoms with Crippen LogP contribution in [0.15, 0.2) is 42.6 Å². The lowest BCUT2D eigenvalue weighted by molar-refractivity contribution is -0.137. The summed E-state index contributed by atoms with van der Waals surface area (Å²) in [5.74, 6) is -0.361. The molecule has 8 nitrogen and oxygen atoms in total. The van der Waals surface area contributed by atoms with Crippen LogP contribution in [-0.4, -0.2) is 70.7 Å². The number of fused-ring (bicyclic) bond motifs is 1. The Morgan fingerprint density at radius 2 is 2.03 bits per heavy atom. The van der Waals surface area contributed by atoms with E-state index in [2.05, 4.69) is 16.4 Å². The molecule has 1 aromatic heterocycles. The van der Waals surface area contributed by atoms with Gasteiger partial charge in [0, 0.05) is 31.4 Å². The first-order valence-corrected chi connectivity index (χ1v) is 12.9. The number of alkyl halides is 3. The summed E-state index contributed by atoms with van der Waals surface area (Å²) in [6, 6.07) is 5.01. The Balaban J connectivity index is 1.55. The van der Waals surface area contributed by atoms with Crippen LogP contribution < -0.4 is 10.1 Å². The zero-order valence-electron chi connectivity index (χ0n) is 22.2. The van der Waals surface area contributed by atoms with E-state index in [1.165, 1.54) is 17.0 Å². The van der Waals surface area contributed by atoms with E-state index < -0.39 is 29.9 Å². The molecule has 3 atom stereocenters. The lowest BCUT2D eigenvalue weighted by Gasteiger charge is -2.37. The third kappa shape index (κ3) is 6.52. The van der Waals surface area contributed by atoms with Crippen molar-refractivity contribution in [2.24, 2.45) is 5.92 Å². The van der Waals surface area contributed by atoms with Crippen molar-refractivity contribution in [1.29, 1.82) is 0 Å². The van der Waals surface area contributed by atoms with Crippen LogP contribution in [0.4, 0.5) is 23.7 Å². The topological polar surface area (TPSA) is 95.0 Å². The normalized spacial score (nSPS) is 20.3. The first-order valence-electron chi connectivity index (χ1n) is 12.9. The van der Waals surface area contributed by atoms with Crippen molar-refractivity contribution in [1.82, 2.24) is 14.8 Å². The zero-order chi connectivity index (χ0) is 28.3. The minimum Gasteiger partial charge on any atom is -0.472 e. The molecule has 1 aliphatic carbocycles. The highest BCUT2D eigenvalue weighted by molar-refractivity contribution is 5.97. The van der Waals surface area contributed by atoms with Crippen molar-refractivity contribution < 1.29 is 32.6 Å². The van der Waals surface area contributed by atoms with Crippen LogP contribution in [-0.2, 0) is 6.18 Å². The zero-order valence-corrected chi connectivity index (χ0v) is 22.2. The third-order valence-corrected chi connectivity index (χ3v) is 7.20. The average Bonchev–Trinajstić information content (AvgIpc) is 3.45. The van der Waals surface area contributed by atoms with Gasteiger partial charge in [0.25, 0.3) is 5.91 Å². The van der Waals surface area contributed by atoms with Gasteiger partial charge in [-0.1, -0.05) is 13.0 Å². The van der Waals surface area contributed by atoms with E-state index in [1.807, 2.05) is 6.92 Å². The number of nitrogens with zero attached hydrogens (tertiary/aromatic N) is 3. The molecule has 0 saturated carbocycles. The molecule has 4 rings (SSSR count). The van der Waals surface area contributed by atoms with Gasteiger partial charge in [-0.15, -0.1) is 0 Å². The van der Waals surface area contributed by atoms with E-state index in [1.54, 1.807) is 31.1 Å². The lowest BCUT2D eigenvalue weighted by atomic mass is 9.99. The maximum atomic E-state index is 13.6. The predicted octanol–water partition coefficient (Wildman–Crippen LogP) is 5.05. The second kappa shape index (κ2) is 11.6. The van der Waals surface area contributed by atoms with Gasteiger partial charge in [-0.25, -0.2) is 9.78 Å². The number of hydrogen-bond acceptors (Lipinski definition) is 5.